The van der Waals surface area contributed by atoms with Crippen molar-refractivity contribution in [1.29, 1.82) is 0 Å². The summed E-state index contributed by atoms with van der Waals surface area (Å²) in [6, 6.07) is 12.0. The lowest BCUT2D eigenvalue weighted by Crippen LogP contribution is -2.33. The summed E-state index contributed by atoms with van der Waals surface area (Å²) in [5, 5.41) is 7.17. The molecule has 7 nitrogen and oxygen atoms in total. The second-order valence-electron chi connectivity index (χ2n) is 7.06. The van der Waals surface area contributed by atoms with Crippen LogP contribution in [0.1, 0.15) is 21.3 Å². The number of halogens is 3. The van der Waals surface area contributed by atoms with Crippen LogP contribution < -0.4 is 10.2 Å². The lowest BCUT2D eigenvalue weighted by atomic mass is 10.1. The van der Waals surface area contributed by atoms with Gasteiger partial charge in [0.25, 0.3) is 5.91 Å². The van der Waals surface area contributed by atoms with Crippen LogP contribution in [0.2, 0.25) is 0 Å². The molecule has 0 spiro atoms. The maximum Gasteiger partial charge on any atom is 0.471 e. The van der Waals surface area contributed by atoms with Crippen molar-refractivity contribution >= 4 is 33.1 Å². The van der Waals surface area contributed by atoms with Gasteiger partial charge in [0, 0.05) is 37.0 Å². The van der Waals surface area contributed by atoms with Gasteiger partial charge in [-0.05, 0) is 37.3 Å². The molecule has 0 saturated carbocycles. The molecule has 0 aliphatic carbocycles. The molecule has 4 aromatic rings. The zero-order chi connectivity index (χ0) is 22.9. The third-order valence-corrected chi connectivity index (χ3v) is 5.64. The third kappa shape index (κ3) is 4.72. The van der Waals surface area contributed by atoms with Crippen LogP contribution in [0.5, 0.6) is 0 Å². The number of hydrogen-bond donors (Lipinski definition) is 1. The number of amides is 1. The number of carbonyl (C=O) groups is 1. The molecular weight excluding hydrogens is 443 g/mol. The molecular formula is C21H18F3N5O2S. The van der Waals surface area contributed by atoms with Crippen molar-refractivity contribution in [3.63, 3.8) is 0 Å². The molecule has 0 saturated heterocycles. The van der Waals surface area contributed by atoms with Crippen molar-refractivity contribution in [2.75, 3.05) is 25.0 Å². The van der Waals surface area contributed by atoms with E-state index in [1.54, 1.807) is 23.5 Å². The number of alkyl halides is 3. The van der Waals surface area contributed by atoms with Crippen molar-refractivity contribution in [2.24, 2.45) is 0 Å². The Hall–Kier alpha value is -3.47. The fourth-order valence-electron chi connectivity index (χ4n) is 3.09. The van der Waals surface area contributed by atoms with Gasteiger partial charge in [0.05, 0.1) is 15.2 Å². The van der Waals surface area contributed by atoms with E-state index in [0.717, 1.165) is 20.9 Å². The summed E-state index contributed by atoms with van der Waals surface area (Å²) < 4.78 is 43.3. The molecule has 0 atom stereocenters. The van der Waals surface area contributed by atoms with Crippen molar-refractivity contribution in [2.45, 2.75) is 13.1 Å². The predicted octanol–water partition coefficient (Wildman–Crippen LogP) is 4.54. The summed E-state index contributed by atoms with van der Waals surface area (Å²) in [5.74, 6) is -2.02. The topological polar surface area (TPSA) is 84.2 Å². The summed E-state index contributed by atoms with van der Waals surface area (Å²) in [7, 11) is 1.93. The van der Waals surface area contributed by atoms with Gasteiger partial charge in [-0.15, -0.1) is 11.3 Å². The number of nitrogens with one attached hydrogen (secondary N) is 1. The highest BCUT2D eigenvalue weighted by Crippen LogP contribution is 2.29. The number of rotatable bonds is 6. The Balaban J connectivity index is 1.37. The van der Waals surface area contributed by atoms with Crippen LogP contribution in [-0.2, 0) is 6.18 Å². The van der Waals surface area contributed by atoms with Gasteiger partial charge in [0.1, 0.15) is 0 Å². The minimum atomic E-state index is -4.73. The lowest BCUT2D eigenvalue weighted by Gasteiger charge is -2.19. The van der Waals surface area contributed by atoms with E-state index >= 15 is 0 Å². The highest BCUT2D eigenvalue weighted by atomic mass is 32.1. The summed E-state index contributed by atoms with van der Waals surface area (Å²) in [6.45, 7) is 2.90. The van der Waals surface area contributed by atoms with E-state index < -0.39 is 12.1 Å². The van der Waals surface area contributed by atoms with Crippen molar-refractivity contribution in [3.05, 3.63) is 58.9 Å². The molecule has 2 heterocycles. The predicted molar refractivity (Wildman–Crippen MR) is 115 cm³/mol. The molecule has 4 rings (SSSR count). The second-order valence-corrected chi connectivity index (χ2v) is 8.30. The molecule has 1 N–H and O–H groups in total. The first kappa shape index (κ1) is 21.8. The normalized spacial score (nSPS) is 11.7. The van der Waals surface area contributed by atoms with Crippen LogP contribution in [-0.4, -0.2) is 41.2 Å². The highest BCUT2D eigenvalue weighted by Gasteiger charge is 2.38. The van der Waals surface area contributed by atoms with Crippen LogP contribution in [0.4, 0.5) is 18.9 Å². The SMILES string of the molecule is Cc1nc2ccc(N(C)CCNC(=O)c3cccc(-c4noc(C(F)(F)F)n4)c3)cc2s1. The van der Waals surface area contributed by atoms with Crippen LogP contribution >= 0.6 is 11.3 Å². The maximum atomic E-state index is 12.7. The summed E-state index contributed by atoms with van der Waals surface area (Å²) in [5.41, 5.74) is 2.50. The Labute approximate surface area is 184 Å². The average molecular weight is 461 g/mol. The van der Waals surface area contributed by atoms with E-state index in [9.17, 15) is 18.0 Å². The summed E-state index contributed by atoms with van der Waals surface area (Å²) >= 11 is 1.63. The van der Waals surface area contributed by atoms with Gasteiger partial charge in [-0.25, -0.2) is 4.98 Å². The van der Waals surface area contributed by atoms with Crippen LogP contribution in [0.3, 0.4) is 0 Å². The fourth-order valence-corrected chi connectivity index (χ4v) is 3.95. The molecule has 11 heteroatoms. The number of carbonyl (C=O) groups excluding carboxylic acids is 1. The van der Waals surface area contributed by atoms with E-state index in [1.165, 1.54) is 12.1 Å². The van der Waals surface area contributed by atoms with E-state index in [4.69, 9.17) is 0 Å². The number of aryl methyl sites for hydroxylation is 1. The molecule has 166 valence electrons. The minimum Gasteiger partial charge on any atom is -0.373 e. The minimum absolute atomic E-state index is 0.236. The van der Waals surface area contributed by atoms with Crippen LogP contribution in [0.15, 0.2) is 47.0 Å². The Morgan fingerprint density at radius 1 is 1.19 bits per heavy atom. The molecule has 32 heavy (non-hydrogen) atoms. The number of fused-ring (bicyclic) bond motifs is 1. The quantitative estimate of drug-likeness (QED) is 0.454. The molecule has 2 aromatic heterocycles. The number of likely N-dealkylation sites (N-methyl/N-ethyl adjacent to an activating group) is 1. The molecule has 1 amide bonds. The largest absolute Gasteiger partial charge is 0.471 e. The van der Waals surface area contributed by atoms with Crippen LogP contribution in [0.25, 0.3) is 21.6 Å². The number of nitrogens with zero attached hydrogens (tertiary/aromatic N) is 4. The van der Waals surface area contributed by atoms with Gasteiger partial charge in [0.2, 0.25) is 5.82 Å². The van der Waals surface area contributed by atoms with E-state index in [2.05, 4.69) is 31.0 Å². The molecule has 0 aliphatic heterocycles. The highest BCUT2D eigenvalue weighted by molar-refractivity contribution is 7.18. The van der Waals surface area contributed by atoms with Gasteiger partial charge < -0.3 is 14.7 Å². The Kier molecular flexibility index (Phi) is 5.83. The first-order valence-electron chi connectivity index (χ1n) is 9.58. The lowest BCUT2D eigenvalue weighted by molar-refractivity contribution is -0.159. The Morgan fingerprint density at radius 2 is 2.00 bits per heavy atom. The molecule has 2 aromatic carbocycles. The van der Waals surface area contributed by atoms with Crippen molar-refractivity contribution < 1.29 is 22.5 Å². The number of hydrogen-bond acceptors (Lipinski definition) is 7. The molecule has 0 bridgehead atoms. The number of anilines is 1. The maximum absolute atomic E-state index is 12.7. The second kappa shape index (κ2) is 8.58. The smallest absolute Gasteiger partial charge is 0.373 e. The molecule has 0 unspecified atom stereocenters. The fraction of sp³-hybridized carbons (Fsp3) is 0.238. The average Bonchev–Trinajstić information content (AvgIpc) is 3.39. The first-order valence-corrected chi connectivity index (χ1v) is 10.4. The van der Waals surface area contributed by atoms with Gasteiger partial charge in [-0.2, -0.15) is 18.2 Å². The van der Waals surface area contributed by atoms with Gasteiger partial charge in [-0.1, -0.05) is 17.3 Å². The Morgan fingerprint density at radius 3 is 2.75 bits per heavy atom. The number of benzene rings is 2. The summed E-state index contributed by atoms with van der Waals surface area (Å²) in [4.78, 5) is 22.3. The van der Waals surface area contributed by atoms with E-state index in [-0.39, 0.29) is 22.9 Å². The monoisotopic (exact) mass is 461 g/mol. The standard InChI is InChI=1S/C21H18F3N5O2S/c1-12-26-16-7-6-15(11-17(16)32-12)29(2)9-8-25-19(30)14-5-3-4-13(10-14)18-27-20(31-28-18)21(22,23)24/h3-7,10-11H,8-9H2,1-2H3,(H,25,30). The Bertz CT molecular complexity index is 1270. The molecule has 0 fully saturated rings. The van der Waals surface area contributed by atoms with Gasteiger partial charge in [-0.3, -0.25) is 4.79 Å². The van der Waals surface area contributed by atoms with E-state index in [1.807, 2.05) is 31.0 Å². The van der Waals surface area contributed by atoms with Gasteiger partial charge in [0.15, 0.2) is 0 Å². The van der Waals surface area contributed by atoms with Gasteiger partial charge >= 0.3 is 12.1 Å². The zero-order valence-corrected chi connectivity index (χ0v) is 17.9. The van der Waals surface area contributed by atoms with Crippen LogP contribution in [0, 0.1) is 6.92 Å². The molecule has 0 radical (unpaired) electrons. The zero-order valence-electron chi connectivity index (χ0n) is 17.1. The van der Waals surface area contributed by atoms with E-state index in [0.29, 0.717) is 13.1 Å². The summed E-state index contributed by atoms with van der Waals surface area (Å²) in [6.07, 6.45) is -4.73. The number of aromatic nitrogens is 3. The molecule has 0 aliphatic rings. The first-order chi connectivity index (χ1) is 15.2. The number of thiazole rings is 1. The van der Waals surface area contributed by atoms with Crippen molar-refractivity contribution in [1.82, 2.24) is 20.4 Å². The van der Waals surface area contributed by atoms with Crippen molar-refractivity contribution in [3.8, 4) is 11.4 Å². The third-order valence-electron chi connectivity index (χ3n) is 4.70.